The topological polar surface area (TPSA) is 55.6 Å². The Labute approximate surface area is 115 Å². The second-order valence-electron chi connectivity index (χ2n) is 5.13. The van der Waals surface area contributed by atoms with Crippen LogP contribution in [0.2, 0.25) is 0 Å². The molecule has 0 saturated carbocycles. The molecular weight excluding hydrogens is 240 g/mol. The Kier molecular flexibility index (Phi) is 5.36. The van der Waals surface area contributed by atoms with Gasteiger partial charge in [-0.1, -0.05) is 13.0 Å². The smallest absolute Gasteiger partial charge is 0.227 e. The van der Waals surface area contributed by atoms with E-state index in [9.17, 15) is 4.79 Å². The van der Waals surface area contributed by atoms with E-state index in [1.165, 1.54) is 0 Å². The number of hydrogen-bond acceptors (Lipinski definition) is 3. The number of carbonyl (C=O) groups excluding carboxylic acids is 1. The Morgan fingerprint density at radius 1 is 1.42 bits per heavy atom. The van der Waals surface area contributed by atoms with Crippen molar-refractivity contribution in [2.45, 2.75) is 27.2 Å². The molecule has 0 aliphatic rings. The van der Waals surface area contributed by atoms with Crippen molar-refractivity contribution in [3.63, 3.8) is 0 Å². The summed E-state index contributed by atoms with van der Waals surface area (Å²) >= 11 is 0. The van der Waals surface area contributed by atoms with Crippen LogP contribution >= 0.6 is 0 Å². The molecule has 1 amide bonds. The number of benzene rings is 1. The van der Waals surface area contributed by atoms with Crippen LogP contribution in [0, 0.1) is 19.8 Å². The lowest BCUT2D eigenvalue weighted by Crippen LogP contribution is -2.29. The average molecular weight is 264 g/mol. The Bertz CT molecular complexity index is 458. The van der Waals surface area contributed by atoms with E-state index in [-0.39, 0.29) is 11.8 Å². The summed E-state index contributed by atoms with van der Waals surface area (Å²) in [7, 11) is 3.41. The van der Waals surface area contributed by atoms with Crippen LogP contribution < -0.4 is 15.4 Å². The Morgan fingerprint density at radius 3 is 2.58 bits per heavy atom. The molecule has 1 aromatic carbocycles. The largest absolute Gasteiger partial charge is 0.494 e. The molecular formula is C15H24N2O2. The van der Waals surface area contributed by atoms with Crippen LogP contribution in [0.4, 0.5) is 5.69 Å². The maximum absolute atomic E-state index is 12.2. The van der Waals surface area contributed by atoms with Crippen molar-refractivity contribution in [1.29, 1.82) is 0 Å². The summed E-state index contributed by atoms with van der Waals surface area (Å²) in [5, 5.41) is 0. The second-order valence-corrected chi connectivity index (χ2v) is 5.13. The molecule has 0 radical (unpaired) electrons. The van der Waals surface area contributed by atoms with Crippen LogP contribution in [0.15, 0.2) is 12.1 Å². The zero-order valence-corrected chi connectivity index (χ0v) is 12.5. The quantitative estimate of drug-likeness (QED) is 0.887. The van der Waals surface area contributed by atoms with E-state index < -0.39 is 0 Å². The van der Waals surface area contributed by atoms with Gasteiger partial charge in [0.2, 0.25) is 5.91 Å². The summed E-state index contributed by atoms with van der Waals surface area (Å²) in [5.41, 5.74) is 8.52. The predicted molar refractivity (Wildman–Crippen MR) is 78.7 cm³/mol. The number of anilines is 1. The summed E-state index contributed by atoms with van der Waals surface area (Å²) in [6, 6.07) is 4.01. The number of carbonyl (C=O) groups is 1. The molecule has 0 saturated heterocycles. The van der Waals surface area contributed by atoms with Gasteiger partial charge in [-0.2, -0.15) is 0 Å². The zero-order chi connectivity index (χ0) is 14.6. The van der Waals surface area contributed by atoms with E-state index in [2.05, 4.69) is 0 Å². The lowest BCUT2D eigenvalue weighted by atomic mass is 10.1. The van der Waals surface area contributed by atoms with Crippen LogP contribution in [-0.4, -0.2) is 26.6 Å². The van der Waals surface area contributed by atoms with Crippen molar-refractivity contribution in [2.24, 2.45) is 11.7 Å². The maximum Gasteiger partial charge on any atom is 0.227 e. The third-order valence-electron chi connectivity index (χ3n) is 3.26. The monoisotopic (exact) mass is 264 g/mol. The fourth-order valence-electron chi connectivity index (χ4n) is 2.10. The van der Waals surface area contributed by atoms with Gasteiger partial charge in [0.1, 0.15) is 5.75 Å². The van der Waals surface area contributed by atoms with Gasteiger partial charge < -0.3 is 15.4 Å². The highest BCUT2D eigenvalue weighted by molar-refractivity contribution is 5.94. The number of nitrogens with zero attached hydrogens (tertiary/aromatic N) is 1. The van der Waals surface area contributed by atoms with Crippen LogP contribution in [0.5, 0.6) is 5.75 Å². The van der Waals surface area contributed by atoms with E-state index in [1.807, 2.05) is 32.9 Å². The van der Waals surface area contributed by atoms with Gasteiger partial charge >= 0.3 is 0 Å². The molecule has 4 nitrogen and oxygen atoms in total. The van der Waals surface area contributed by atoms with Crippen LogP contribution in [-0.2, 0) is 4.79 Å². The Balaban J connectivity index is 3.04. The standard InChI is InChI=1S/C15H24N2O2/c1-10-6-12(3)15(19-5)13(7-10)17(4)14(18)8-11(2)9-16/h6-7,11H,8-9,16H2,1-5H3. The van der Waals surface area contributed by atoms with Gasteiger partial charge in [-0.15, -0.1) is 0 Å². The minimum atomic E-state index is 0.0567. The van der Waals surface area contributed by atoms with Gasteiger partial charge in [0.25, 0.3) is 0 Å². The van der Waals surface area contributed by atoms with Crippen LogP contribution in [0.3, 0.4) is 0 Å². The van der Waals surface area contributed by atoms with Crippen molar-refractivity contribution in [3.05, 3.63) is 23.3 Å². The van der Waals surface area contributed by atoms with Gasteiger partial charge in [0, 0.05) is 13.5 Å². The minimum Gasteiger partial charge on any atom is -0.494 e. The molecule has 19 heavy (non-hydrogen) atoms. The summed E-state index contributed by atoms with van der Waals surface area (Å²) in [6.45, 7) is 6.49. The summed E-state index contributed by atoms with van der Waals surface area (Å²) in [4.78, 5) is 13.9. The van der Waals surface area contributed by atoms with Gasteiger partial charge in [-0.3, -0.25) is 4.79 Å². The lowest BCUT2D eigenvalue weighted by molar-refractivity contribution is -0.119. The van der Waals surface area contributed by atoms with Gasteiger partial charge in [0.05, 0.1) is 12.8 Å². The summed E-state index contributed by atoms with van der Waals surface area (Å²) in [6.07, 6.45) is 0.448. The Hall–Kier alpha value is -1.55. The predicted octanol–water partition coefficient (Wildman–Crippen LogP) is 2.26. The van der Waals surface area contributed by atoms with Crippen molar-refractivity contribution < 1.29 is 9.53 Å². The first kappa shape index (κ1) is 15.5. The number of nitrogens with two attached hydrogens (primary N) is 1. The highest BCUT2D eigenvalue weighted by Crippen LogP contribution is 2.32. The molecule has 2 N–H and O–H groups in total. The van der Waals surface area contributed by atoms with Crippen molar-refractivity contribution in [2.75, 3.05) is 25.6 Å². The van der Waals surface area contributed by atoms with E-state index in [0.29, 0.717) is 13.0 Å². The number of methoxy groups -OCH3 is 1. The highest BCUT2D eigenvalue weighted by Gasteiger charge is 2.18. The summed E-state index contributed by atoms with van der Waals surface area (Å²) < 4.78 is 5.42. The lowest BCUT2D eigenvalue weighted by Gasteiger charge is -2.23. The fraction of sp³-hybridized carbons (Fsp3) is 0.533. The van der Waals surface area contributed by atoms with Crippen molar-refractivity contribution in [3.8, 4) is 5.75 Å². The van der Waals surface area contributed by atoms with E-state index in [4.69, 9.17) is 10.5 Å². The highest BCUT2D eigenvalue weighted by atomic mass is 16.5. The number of rotatable bonds is 5. The van der Waals surface area contributed by atoms with Gasteiger partial charge in [-0.05, 0) is 43.5 Å². The first-order valence-electron chi connectivity index (χ1n) is 6.52. The molecule has 4 heteroatoms. The third-order valence-corrected chi connectivity index (χ3v) is 3.26. The van der Waals surface area contributed by atoms with Crippen LogP contribution in [0.25, 0.3) is 0 Å². The molecule has 0 aliphatic carbocycles. The summed E-state index contributed by atoms with van der Waals surface area (Å²) in [5.74, 6) is 0.995. The third kappa shape index (κ3) is 3.70. The zero-order valence-electron chi connectivity index (χ0n) is 12.5. The van der Waals surface area contributed by atoms with Crippen molar-refractivity contribution in [1.82, 2.24) is 0 Å². The maximum atomic E-state index is 12.2. The molecule has 1 atom stereocenters. The molecule has 0 bridgehead atoms. The SMILES string of the molecule is COc1c(C)cc(C)cc1N(C)C(=O)CC(C)CN. The molecule has 1 rings (SSSR count). The van der Waals surface area contributed by atoms with Crippen molar-refractivity contribution >= 4 is 11.6 Å². The molecule has 0 fully saturated rings. The first-order chi connectivity index (χ1) is 8.90. The molecule has 106 valence electrons. The van der Waals surface area contributed by atoms with E-state index >= 15 is 0 Å². The van der Waals surface area contributed by atoms with Crippen LogP contribution in [0.1, 0.15) is 24.5 Å². The molecule has 0 aromatic heterocycles. The van der Waals surface area contributed by atoms with Gasteiger partial charge in [0.15, 0.2) is 0 Å². The average Bonchev–Trinajstić information content (AvgIpc) is 2.36. The number of aryl methyl sites for hydroxylation is 2. The molecule has 1 aromatic rings. The molecule has 0 aliphatic heterocycles. The molecule has 0 spiro atoms. The molecule has 1 unspecified atom stereocenters. The second kappa shape index (κ2) is 6.57. The number of amides is 1. The number of ether oxygens (including phenoxy) is 1. The van der Waals surface area contributed by atoms with Gasteiger partial charge in [-0.25, -0.2) is 0 Å². The fourth-order valence-corrected chi connectivity index (χ4v) is 2.10. The number of hydrogen-bond donors (Lipinski definition) is 1. The Morgan fingerprint density at radius 2 is 2.05 bits per heavy atom. The van der Waals surface area contributed by atoms with E-state index in [1.54, 1.807) is 19.1 Å². The minimum absolute atomic E-state index is 0.0567. The molecule has 0 heterocycles. The first-order valence-corrected chi connectivity index (χ1v) is 6.52. The normalized spacial score (nSPS) is 12.1. The van der Waals surface area contributed by atoms with E-state index in [0.717, 1.165) is 22.6 Å².